The molecule has 0 fully saturated rings. The molecule has 0 bridgehead atoms. The second-order valence-electron chi connectivity index (χ2n) is 2.54. The summed E-state index contributed by atoms with van der Waals surface area (Å²) in [6.45, 7) is -0.518. The number of carbonyl (C=O) groups is 1. The van der Waals surface area contributed by atoms with E-state index in [1.54, 1.807) is 0 Å². The Morgan fingerprint density at radius 2 is 2.31 bits per heavy atom. The normalized spacial score (nSPS) is 29.5. The van der Waals surface area contributed by atoms with Crippen LogP contribution in [0, 0.1) is 0 Å². The number of Topliss-reactive ketones (excluding diaryl/α,β-unsaturated/α-hetero) is 1. The highest BCUT2D eigenvalue weighted by Gasteiger charge is 2.35. The maximum atomic E-state index is 11.1. The summed E-state index contributed by atoms with van der Waals surface area (Å²) in [5.41, 5.74) is 5.15. The maximum absolute atomic E-state index is 11.1. The Bertz CT molecular complexity index is 249. The highest BCUT2D eigenvalue weighted by molar-refractivity contribution is 5.98. The third-order valence-corrected chi connectivity index (χ3v) is 1.72. The monoisotopic (exact) mass is 189 g/mol. The van der Waals surface area contributed by atoms with E-state index >= 15 is 0 Å². The quantitative estimate of drug-likeness (QED) is 0.496. The first-order valence-corrected chi connectivity index (χ1v) is 3.63. The number of ether oxygens (including phenoxy) is 2. The molecule has 0 spiro atoms. The minimum atomic E-state index is -1.10. The fourth-order valence-corrected chi connectivity index (χ4v) is 0.999. The number of aliphatic hydroxyl groups excluding tert-OH is 2. The van der Waals surface area contributed by atoms with Gasteiger partial charge in [-0.25, -0.2) is 0 Å². The van der Waals surface area contributed by atoms with Crippen LogP contribution in [-0.2, 0) is 14.3 Å². The van der Waals surface area contributed by atoms with Crippen molar-refractivity contribution < 1.29 is 24.5 Å². The topological polar surface area (TPSA) is 102 Å². The Labute approximate surface area is 74.6 Å². The molecule has 13 heavy (non-hydrogen) atoms. The molecule has 74 valence electrons. The minimum Gasteiger partial charge on any atom is -0.503 e. The lowest BCUT2D eigenvalue weighted by Crippen LogP contribution is -2.43. The van der Waals surface area contributed by atoms with Crippen LogP contribution in [0.1, 0.15) is 0 Å². The molecule has 0 aromatic carbocycles. The van der Waals surface area contributed by atoms with E-state index < -0.39 is 30.5 Å². The molecular weight excluding hydrogens is 178 g/mol. The lowest BCUT2D eigenvalue weighted by molar-refractivity contribution is -0.170. The zero-order chi connectivity index (χ0) is 10.0. The van der Waals surface area contributed by atoms with Crippen molar-refractivity contribution in [2.24, 2.45) is 5.73 Å². The molecule has 4 N–H and O–H groups in total. The van der Waals surface area contributed by atoms with Crippen molar-refractivity contribution in [3.05, 3.63) is 11.5 Å². The SMILES string of the molecule is CO[C@H]1O[C@H](CO)C(=O)C(O)=C1N. The van der Waals surface area contributed by atoms with Crippen molar-refractivity contribution in [2.75, 3.05) is 13.7 Å². The molecule has 0 aromatic heterocycles. The molecule has 1 aliphatic heterocycles. The first-order valence-electron chi connectivity index (χ1n) is 3.63. The molecule has 0 unspecified atom stereocenters. The number of carbonyl (C=O) groups excluding carboxylic acids is 1. The van der Waals surface area contributed by atoms with E-state index in [0.29, 0.717) is 0 Å². The van der Waals surface area contributed by atoms with Crippen molar-refractivity contribution in [1.29, 1.82) is 0 Å². The first-order chi connectivity index (χ1) is 6.11. The molecular formula is C7H11NO5. The summed E-state index contributed by atoms with van der Waals surface area (Å²) in [6, 6.07) is 0. The van der Waals surface area contributed by atoms with Crippen molar-refractivity contribution in [1.82, 2.24) is 0 Å². The van der Waals surface area contributed by atoms with Gasteiger partial charge in [-0.2, -0.15) is 0 Å². The smallest absolute Gasteiger partial charge is 0.230 e. The van der Waals surface area contributed by atoms with Gasteiger partial charge in [-0.3, -0.25) is 4.79 Å². The van der Waals surface area contributed by atoms with Gasteiger partial charge in [0.1, 0.15) is 5.70 Å². The number of nitrogens with two attached hydrogens (primary N) is 1. The van der Waals surface area contributed by atoms with Gasteiger partial charge >= 0.3 is 0 Å². The summed E-state index contributed by atoms with van der Waals surface area (Å²) < 4.78 is 9.64. The summed E-state index contributed by atoms with van der Waals surface area (Å²) in [6.07, 6.45) is -2.08. The van der Waals surface area contributed by atoms with Gasteiger partial charge in [0, 0.05) is 7.11 Å². The number of rotatable bonds is 2. The van der Waals surface area contributed by atoms with Crippen LogP contribution in [0.2, 0.25) is 0 Å². The van der Waals surface area contributed by atoms with Crippen LogP contribution >= 0.6 is 0 Å². The molecule has 2 atom stereocenters. The third kappa shape index (κ3) is 1.64. The van der Waals surface area contributed by atoms with Crippen LogP contribution in [0.15, 0.2) is 11.5 Å². The Hall–Kier alpha value is -1.11. The summed E-state index contributed by atoms with van der Waals surface area (Å²) in [4.78, 5) is 11.1. The van der Waals surface area contributed by atoms with E-state index in [9.17, 15) is 9.90 Å². The molecule has 0 radical (unpaired) electrons. The lowest BCUT2D eigenvalue weighted by atomic mass is 10.1. The summed E-state index contributed by atoms with van der Waals surface area (Å²) in [7, 11) is 1.31. The minimum absolute atomic E-state index is 0.169. The number of methoxy groups -OCH3 is 1. The highest BCUT2D eigenvalue weighted by Crippen LogP contribution is 2.18. The van der Waals surface area contributed by atoms with Crippen molar-refractivity contribution >= 4 is 5.78 Å². The van der Waals surface area contributed by atoms with Gasteiger partial charge in [0.15, 0.2) is 11.9 Å². The van der Waals surface area contributed by atoms with E-state index in [2.05, 4.69) is 0 Å². The summed E-state index contributed by atoms with van der Waals surface area (Å²) in [5.74, 6) is -1.33. The predicted molar refractivity (Wildman–Crippen MR) is 41.6 cm³/mol. The average Bonchev–Trinajstić information content (AvgIpc) is 2.15. The molecule has 6 nitrogen and oxygen atoms in total. The molecule has 0 saturated heterocycles. The Morgan fingerprint density at radius 1 is 1.69 bits per heavy atom. The number of hydrogen-bond acceptors (Lipinski definition) is 6. The molecule has 0 saturated carbocycles. The Balaban J connectivity index is 2.93. The van der Waals surface area contributed by atoms with E-state index in [-0.39, 0.29) is 5.70 Å². The molecule has 1 rings (SSSR count). The summed E-state index contributed by atoms with van der Waals surface area (Å²) >= 11 is 0. The zero-order valence-electron chi connectivity index (χ0n) is 7.06. The highest BCUT2D eigenvalue weighted by atomic mass is 16.7. The Morgan fingerprint density at radius 3 is 2.77 bits per heavy atom. The molecule has 0 aliphatic carbocycles. The van der Waals surface area contributed by atoms with Crippen LogP contribution < -0.4 is 5.73 Å². The van der Waals surface area contributed by atoms with Gasteiger partial charge in [0.25, 0.3) is 0 Å². The molecule has 1 aliphatic rings. The van der Waals surface area contributed by atoms with Gasteiger partial charge in [-0.1, -0.05) is 0 Å². The first kappa shape index (κ1) is 9.97. The molecule has 0 amide bonds. The number of ketones is 1. The van der Waals surface area contributed by atoms with Gasteiger partial charge in [0.05, 0.1) is 6.61 Å². The fourth-order valence-electron chi connectivity index (χ4n) is 0.999. The number of hydrogen-bond donors (Lipinski definition) is 3. The fraction of sp³-hybridized carbons (Fsp3) is 0.571. The van der Waals surface area contributed by atoms with Gasteiger partial charge < -0.3 is 25.4 Å². The van der Waals surface area contributed by atoms with E-state index in [4.69, 9.17) is 20.3 Å². The predicted octanol–water partition coefficient (Wildman–Crippen LogP) is -1.35. The van der Waals surface area contributed by atoms with E-state index in [0.717, 1.165) is 0 Å². The van der Waals surface area contributed by atoms with Crippen LogP contribution in [-0.4, -0.2) is 42.1 Å². The van der Waals surface area contributed by atoms with Crippen LogP contribution in [0.3, 0.4) is 0 Å². The molecule has 6 heteroatoms. The molecule has 1 heterocycles. The number of aliphatic hydroxyl groups is 2. The van der Waals surface area contributed by atoms with Crippen molar-refractivity contribution in [3.63, 3.8) is 0 Å². The maximum Gasteiger partial charge on any atom is 0.230 e. The zero-order valence-corrected chi connectivity index (χ0v) is 7.06. The van der Waals surface area contributed by atoms with Gasteiger partial charge in [-0.05, 0) is 0 Å². The summed E-state index contributed by atoms with van der Waals surface area (Å²) in [5, 5.41) is 17.9. The molecule has 0 aromatic rings. The third-order valence-electron chi connectivity index (χ3n) is 1.72. The average molecular weight is 189 g/mol. The Kier molecular flexibility index (Phi) is 2.86. The standard InChI is InChI=1S/C7H11NO5/c1-12-7-4(8)6(11)5(10)3(2-9)13-7/h3,7,9,11H,2,8H2,1H3/t3-,7+/m1/s1. The van der Waals surface area contributed by atoms with Crippen LogP contribution in [0.4, 0.5) is 0 Å². The largest absolute Gasteiger partial charge is 0.503 e. The van der Waals surface area contributed by atoms with E-state index in [1.165, 1.54) is 7.11 Å². The second-order valence-corrected chi connectivity index (χ2v) is 2.54. The van der Waals surface area contributed by atoms with Crippen molar-refractivity contribution in [2.45, 2.75) is 12.4 Å². The second kappa shape index (κ2) is 3.73. The van der Waals surface area contributed by atoms with Crippen LogP contribution in [0.5, 0.6) is 0 Å². The lowest BCUT2D eigenvalue weighted by Gasteiger charge is -2.26. The van der Waals surface area contributed by atoms with Crippen LogP contribution in [0.25, 0.3) is 0 Å². The van der Waals surface area contributed by atoms with Crippen molar-refractivity contribution in [3.8, 4) is 0 Å². The van der Waals surface area contributed by atoms with Gasteiger partial charge in [-0.15, -0.1) is 0 Å². The van der Waals surface area contributed by atoms with E-state index in [1.807, 2.05) is 0 Å². The van der Waals surface area contributed by atoms with Gasteiger partial charge in [0.2, 0.25) is 12.1 Å².